The van der Waals surface area contributed by atoms with E-state index < -0.39 is 5.75 Å². The van der Waals surface area contributed by atoms with Gasteiger partial charge in [-0.05, 0) is 77.1 Å². The fourth-order valence-electron chi connectivity index (χ4n) is 4.49. The zero-order valence-corrected chi connectivity index (χ0v) is 16.5. The van der Waals surface area contributed by atoms with Gasteiger partial charge < -0.3 is 26.0 Å². The van der Waals surface area contributed by atoms with Gasteiger partial charge in [0, 0.05) is 28.7 Å². The highest BCUT2D eigenvalue weighted by Gasteiger charge is 2.28. The van der Waals surface area contributed by atoms with Crippen molar-refractivity contribution in [2.45, 2.75) is 19.3 Å². The molecular weight excluding hydrogens is 376 g/mol. The van der Waals surface area contributed by atoms with Gasteiger partial charge >= 0.3 is 0 Å². The summed E-state index contributed by atoms with van der Waals surface area (Å²) in [5, 5.41) is 31.3. The maximum atomic E-state index is 10.2. The van der Waals surface area contributed by atoms with Crippen LogP contribution in [0.5, 0.6) is 17.2 Å². The summed E-state index contributed by atoms with van der Waals surface area (Å²) in [7, 11) is 0. The minimum atomic E-state index is -0.513. The lowest BCUT2D eigenvalue weighted by Crippen LogP contribution is -2.04. The van der Waals surface area contributed by atoms with E-state index in [1.165, 1.54) is 12.1 Å². The van der Waals surface area contributed by atoms with Crippen LogP contribution < -0.4 is 5.73 Å². The zero-order chi connectivity index (χ0) is 21.0. The van der Waals surface area contributed by atoms with Gasteiger partial charge in [-0.25, -0.2) is 0 Å². The molecule has 0 bridgehead atoms. The van der Waals surface area contributed by atoms with E-state index in [-0.39, 0.29) is 17.4 Å². The number of aromatic hydroxyl groups is 3. The Morgan fingerprint density at radius 1 is 0.967 bits per heavy atom. The molecule has 0 amide bonds. The Bertz CT molecular complexity index is 1310. The standard InChI is InChI=1S/C25H22N2O3/c1-13-2-5-18-20(12-27-21(18)8-13)24(15-10-22(28)25(30)23(29)11-15)19-6-3-14-9-16(26)4-7-17(14)19/h2,4-12,24,27-30H,3,26H2,1H3. The summed E-state index contributed by atoms with van der Waals surface area (Å²) in [6, 6.07) is 15.2. The molecule has 4 aromatic rings. The topological polar surface area (TPSA) is 102 Å². The summed E-state index contributed by atoms with van der Waals surface area (Å²) in [6.07, 6.45) is 4.92. The van der Waals surface area contributed by atoms with Gasteiger partial charge in [-0.2, -0.15) is 0 Å². The van der Waals surface area contributed by atoms with E-state index in [2.05, 4.69) is 29.3 Å². The lowest BCUT2D eigenvalue weighted by Gasteiger charge is -2.21. The number of aromatic amines is 1. The van der Waals surface area contributed by atoms with Crippen LogP contribution in [0.4, 0.5) is 5.69 Å². The number of nitrogens with two attached hydrogens (primary N) is 1. The van der Waals surface area contributed by atoms with E-state index in [0.29, 0.717) is 5.56 Å². The summed E-state index contributed by atoms with van der Waals surface area (Å²) in [4.78, 5) is 3.35. The number of aromatic nitrogens is 1. The van der Waals surface area contributed by atoms with Crippen molar-refractivity contribution >= 4 is 22.2 Å². The third-order valence-electron chi connectivity index (χ3n) is 5.90. The summed E-state index contributed by atoms with van der Waals surface area (Å²) >= 11 is 0. The van der Waals surface area contributed by atoms with Crippen molar-refractivity contribution in [3.05, 3.63) is 88.6 Å². The molecule has 1 aromatic heterocycles. The zero-order valence-electron chi connectivity index (χ0n) is 16.5. The minimum absolute atomic E-state index is 0.247. The molecule has 0 fully saturated rings. The second-order valence-electron chi connectivity index (χ2n) is 7.91. The second-order valence-corrected chi connectivity index (χ2v) is 7.91. The quantitative estimate of drug-likeness (QED) is 0.249. The molecule has 0 radical (unpaired) electrons. The van der Waals surface area contributed by atoms with Crippen molar-refractivity contribution in [3.8, 4) is 17.2 Å². The van der Waals surface area contributed by atoms with Crippen LogP contribution in [0.2, 0.25) is 0 Å². The van der Waals surface area contributed by atoms with Crippen molar-refractivity contribution in [2.75, 3.05) is 5.73 Å². The molecule has 150 valence electrons. The Labute approximate surface area is 173 Å². The molecule has 0 saturated heterocycles. The monoisotopic (exact) mass is 398 g/mol. The van der Waals surface area contributed by atoms with Crippen LogP contribution in [0.3, 0.4) is 0 Å². The fraction of sp³-hybridized carbons (Fsp3) is 0.120. The van der Waals surface area contributed by atoms with E-state index in [4.69, 9.17) is 5.73 Å². The van der Waals surface area contributed by atoms with Crippen LogP contribution in [0, 0.1) is 6.92 Å². The number of nitrogen functional groups attached to an aromatic ring is 1. The number of aryl methyl sites for hydroxylation is 1. The van der Waals surface area contributed by atoms with Crippen LogP contribution >= 0.6 is 0 Å². The van der Waals surface area contributed by atoms with Gasteiger partial charge in [-0.1, -0.05) is 24.3 Å². The van der Waals surface area contributed by atoms with E-state index in [9.17, 15) is 15.3 Å². The number of phenols is 3. The highest BCUT2D eigenvalue weighted by Crippen LogP contribution is 2.48. The Morgan fingerprint density at radius 2 is 1.73 bits per heavy atom. The molecular formula is C25H22N2O3. The average molecular weight is 398 g/mol. The van der Waals surface area contributed by atoms with Crippen molar-refractivity contribution in [1.82, 2.24) is 4.98 Å². The molecule has 1 atom stereocenters. The molecule has 6 N–H and O–H groups in total. The molecule has 0 aliphatic heterocycles. The molecule has 5 rings (SSSR count). The summed E-state index contributed by atoms with van der Waals surface area (Å²) in [6.45, 7) is 2.05. The van der Waals surface area contributed by atoms with Crippen molar-refractivity contribution < 1.29 is 15.3 Å². The Kier molecular flexibility index (Phi) is 4.00. The average Bonchev–Trinajstić information content (AvgIpc) is 3.30. The largest absolute Gasteiger partial charge is 0.504 e. The first-order valence-electron chi connectivity index (χ1n) is 9.83. The molecule has 30 heavy (non-hydrogen) atoms. The number of anilines is 1. The lowest BCUT2D eigenvalue weighted by molar-refractivity contribution is 0.367. The molecule has 5 heteroatoms. The second kappa shape index (κ2) is 6.59. The van der Waals surface area contributed by atoms with Crippen LogP contribution in [0.15, 0.2) is 60.8 Å². The van der Waals surface area contributed by atoms with Crippen LogP contribution in [0.25, 0.3) is 16.5 Å². The maximum absolute atomic E-state index is 10.2. The van der Waals surface area contributed by atoms with Gasteiger partial charge in [0.25, 0.3) is 0 Å². The van der Waals surface area contributed by atoms with Gasteiger partial charge in [-0.15, -0.1) is 0 Å². The van der Waals surface area contributed by atoms with E-state index >= 15 is 0 Å². The van der Waals surface area contributed by atoms with E-state index in [1.807, 2.05) is 31.3 Å². The van der Waals surface area contributed by atoms with Crippen molar-refractivity contribution in [2.24, 2.45) is 0 Å². The van der Waals surface area contributed by atoms with Gasteiger partial charge in [0.15, 0.2) is 17.2 Å². The fourth-order valence-corrected chi connectivity index (χ4v) is 4.49. The third-order valence-corrected chi connectivity index (χ3v) is 5.90. The first-order valence-corrected chi connectivity index (χ1v) is 9.83. The van der Waals surface area contributed by atoms with Crippen LogP contribution in [-0.2, 0) is 6.42 Å². The number of rotatable bonds is 3. The minimum Gasteiger partial charge on any atom is -0.504 e. The number of hydrogen-bond donors (Lipinski definition) is 5. The smallest absolute Gasteiger partial charge is 0.200 e. The maximum Gasteiger partial charge on any atom is 0.200 e. The molecule has 3 aromatic carbocycles. The first-order chi connectivity index (χ1) is 14.4. The normalized spacial score (nSPS) is 14.0. The number of phenolic OH excluding ortho intramolecular Hbond substituents is 3. The predicted octanol–water partition coefficient (Wildman–Crippen LogP) is 4.95. The lowest BCUT2D eigenvalue weighted by atomic mass is 9.82. The number of H-pyrrole nitrogens is 1. The number of allylic oxidation sites excluding steroid dienone is 2. The van der Waals surface area contributed by atoms with Gasteiger partial charge in [0.05, 0.1) is 0 Å². The van der Waals surface area contributed by atoms with Gasteiger partial charge in [0.2, 0.25) is 0 Å². The molecule has 0 spiro atoms. The van der Waals surface area contributed by atoms with Crippen molar-refractivity contribution in [1.29, 1.82) is 0 Å². The highest BCUT2D eigenvalue weighted by molar-refractivity contribution is 5.90. The third kappa shape index (κ3) is 2.78. The number of hydrogen-bond acceptors (Lipinski definition) is 4. The van der Waals surface area contributed by atoms with Gasteiger partial charge in [-0.3, -0.25) is 0 Å². The Hall–Kier alpha value is -3.86. The molecule has 1 aliphatic carbocycles. The Morgan fingerprint density at radius 3 is 2.50 bits per heavy atom. The molecule has 1 aliphatic rings. The molecule has 0 saturated carbocycles. The van der Waals surface area contributed by atoms with Crippen molar-refractivity contribution in [3.63, 3.8) is 0 Å². The molecule has 1 unspecified atom stereocenters. The van der Waals surface area contributed by atoms with Crippen LogP contribution in [-0.4, -0.2) is 20.3 Å². The number of benzene rings is 3. The Balaban J connectivity index is 1.76. The summed E-state index contributed by atoms with van der Waals surface area (Å²) in [5.74, 6) is -1.45. The molecule has 5 nitrogen and oxygen atoms in total. The van der Waals surface area contributed by atoms with Gasteiger partial charge in [0.1, 0.15) is 0 Å². The number of nitrogens with one attached hydrogen (secondary N) is 1. The summed E-state index contributed by atoms with van der Waals surface area (Å²) in [5.41, 5.74) is 13.9. The SMILES string of the molecule is Cc1ccc2c(C(C3=CCc4cc(N)ccc43)c3cc(O)c(O)c(O)c3)c[nH]c2c1. The van der Waals surface area contributed by atoms with E-state index in [1.54, 1.807) is 0 Å². The highest BCUT2D eigenvalue weighted by atomic mass is 16.3. The van der Waals surface area contributed by atoms with Crippen LogP contribution in [0.1, 0.15) is 33.7 Å². The molecule has 1 heterocycles. The first kappa shape index (κ1) is 18.2. The summed E-state index contributed by atoms with van der Waals surface area (Å²) < 4.78 is 0. The van der Waals surface area contributed by atoms with E-state index in [0.717, 1.165) is 50.8 Å². The predicted molar refractivity (Wildman–Crippen MR) is 119 cm³/mol. The number of fused-ring (bicyclic) bond motifs is 2.